The summed E-state index contributed by atoms with van der Waals surface area (Å²) in [6, 6.07) is 6.13. The SMILES string of the molecule is CC(C)OC1CC(OCC(=O)NC23CC(NC(=O)c4ccc5cc(C(F)(F)F)ccc5n4)(C2)C3)C1. The van der Waals surface area contributed by atoms with Crippen LogP contribution in [0.15, 0.2) is 30.3 Å². The first-order chi connectivity index (χ1) is 16.4. The van der Waals surface area contributed by atoms with Gasteiger partial charge in [-0.25, -0.2) is 4.98 Å². The Bertz CT molecular complexity index is 1140. The summed E-state index contributed by atoms with van der Waals surface area (Å²) in [6.45, 7) is 4.00. The zero-order valence-corrected chi connectivity index (χ0v) is 19.6. The summed E-state index contributed by atoms with van der Waals surface area (Å²) in [5.41, 5.74) is -0.972. The van der Waals surface area contributed by atoms with Gasteiger partial charge in [0.15, 0.2) is 0 Å². The van der Waals surface area contributed by atoms with Crippen LogP contribution in [-0.4, -0.2) is 52.8 Å². The Kier molecular flexibility index (Phi) is 5.79. The first kappa shape index (κ1) is 24.0. The standard InChI is InChI=1S/C25H28F3N3O4/c1-14(2)35-18-8-17(9-18)34-10-21(32)30-23-11-24(12-23,13-23)31-22(33)20-5-3-15-7-16(25(26,27)28)4-6-19(15)29-20/h3-7,14,17-18H,8-13H2,1-2H3,(H,30,32)(H,31,33). The van der Waals surface area contributed by atoms with E-state index in [-0.39, 0.29) is 53.5 Å². The molecule has 0 radical (unpaired) electrons. The van der Waals surface area contributed by atoms with Crippen LogP contribution in [0.4, 0.5) is 13.2 Å². The van der Waals surface area contributed by atoms with E-state index in [1.165, 1.54) is 18.2 Å². The number of fused-ring (bicyclic) bond motifs is 1. The van der Waals surface area contributed by atoms with Gasteiger partial charge in [0.25, 0.3) is 5.91 Å². The van der Waals surface area contributed by atoms with Gasteiger partial charge in [-0.05, 0) is 70.2 Å². The van der Waals surface area contributed by atoms with Gasteiger partial charge in [0.2, 0.25) is 5.91 Å². The molecule has 2 N–H and O–H groups in total. The maximum atomic E-state index is 12.9. The lowest BCUT2D eigenvalue weighted by molar-refractivity contribution is -0.154. The van der Waals surface area contributed by atoms with Crippen LogP contribution in [0.5, 0.6) is 0 Å². The lowest BCUT2D eigenvalue weighted by atomic mass is 9.44. The van der Waals surface area contributed by atoms with Crippen LogP contribution in [0, 0.1) is 0 Å². The van der Waals surface area contributed by atoms with Crippen molar-refractivity contribution in [3.8, 4) is 0 Å². The Balaban J connectivity index is 1.08. The van der Waals surface area contributed by atoms with Gasteiger partial charge >= 0.3 is 6.18 Å². The summed E-state index contributed by atoms with van der Waals surface area (Å²) in [7, 11) is 0. The van der Waals surface area contributed by atoms with Gasteiger partial charge < -0.3 is 20.1 Å². The predicted molar refractivity (Wildman–Crippen MR) is 121 cm³/mol. The number of carbonyl (C=O) groups excluding carboxylic acids is 2. The van der Waals surface area contributed by atoms with Crippen molar-refractivity contribution in [2.24, 2.45) is 0 Å². The van der Waals surface area contributed by atoms with E-state index >= 15 is 0 Å². The van der Waals surface area contributed by atoms with Crippen molar-refractivity contribution in [3.63, 3.8) is 0 Å². The molecule has 188 valence electrons. The van der Waals surface area contributed by atoms with Crippen molar-refractivity contribution in [1.29, 1.82) is 0 Å². The van der Waals surface area contributed by atoms with E-state index in [4.69, 9.17) is 9.47 Å². The summed E-state index contributed by atoms with van der Waals surface area (Å²) in [6.07, 6.45) is -0.485. The lowest BCUT2D eigenvalue weighted by Crippen LogP contribution is -2.84. The van der Waals surface area contributed by atoms with Gasteiger partial charge in [-0.1, -0.05) is 6.07 Å². The molecule has 35 heavy (non-hydrogen) atoms. The van der Waals surface area contributed by atoms with E-state index in [9.17, 15) is 22.8 Å². The summed E-state index contributed by atoms with van der Waals surface area (Å²) in [5, 5.41) is 6.33. The molecule has 4 saturated carbocycles. The second-order valence-electron chi connectivity index (χ2n) is 10.4. The van der Waals surface area contributed by atoms with Gasteiger partial charge in [0.1, 0.15) is 12.3 Å². The second kappa shape index (κ2) is 8.44. The molecule has 0 atom stereocenters. The number of hydrogen-bond donors (Lipinski definition) is 2. The number of alkyl halides is 3. The first-order valence-electron chi connectivity index (χ1n) is 11.8. The molecular weight excluding hydrogens is 463 g/mol. The van der Waals surface area contributed by atoms with E-state index in [0.29, 0.717) is 30.2 Å². The van der Waals surface area contributed by atoms with Crippen molar-refractivity contribution in [3.05, 3.63) is 41.6 Å². The van der Waals surface area contributed by atoms with Crippen LogP contribution in [0.25, 0.3) is 10.9 Å². The Morgan fingerprint density at radius 3 is 2.40 bits per heavy atom. The smallest absolute Gasteiger partial charge is 0.375 e. The summed E-state index contributed by atoms with van der Waals surface area (Å²) in [5.74, 6) is -0.537. The molecular formula is C25H28F3N3O4. The van der Waals surface area contributed by atoms with Crippen molar-refractivity contribution >= 4 is 22.7 Å². The molecule has 2 bridgehead atoms. The zero-order valence-electron chi connectivity index (χ0n) is 19.6. The molecule has 1 aromatic heterocycles. The van der Waals surface area contributed by atoms with Crippen LogP contribution >= 0.6 is 0 Å². The van der Waals surface area contributed by atoms with Gasteiger partial charge in [-0.3, -0.25) is 9.59 Å². The molecule has 10 heteroatoms. The molecule has 7 nitrogen and oxygen atoms in total. The van der Waals surface area contributed by atoms with Crippen molar-refractivity contribution < 1.29 is 32.2 Å². The summed E-state index contributed by atoms with van der Waals surface area (Å²) >= 11 is 0. The number of aromatic nitrogens is 1. The lowest BCUT2D eigenvalue weighted by Gasteiger charge is -2.70. The van der Waals surface area contributed by atoms with E-state index in [0.717, 1.165) is 25.0 Å². The molecule has 4 aliphatic rings. The maximum absolute atomic E-state index is 12.9. The number of amides is 2. The molecule has 2 amide bonds. The third kappa shape index (κ3) is 4.86. The third-order valence-corrected chi connectivity index (χ3v) is 7.03. The highest BCUT2D eigenvalue weighted by atomic mass is 19.4. The Morgan fingerprint density at radius 2 is 1.74 bits per heavy atom. The van der Waals surface area contributed by atoms with Crippen molar-refractivity contribution in [2.45, 2.75) is 81.5 Å². The van der Waals surface area contributed by atoms with E-state index in [1.807, 2.05) is 13.8 Å². The normalized spacial score (nSPS) is 29.2. The minimum Gasteiger partial charge on any atom is -0.375 e. The molecule has 0 saturated heterocycles. The van der Waals surface area contributed by atoms with Crippen LogP contribution in [0.1, 0.15) is 62.0 Å². The minimum atomic E-state index is -4.44. The molecule has 1 aromatic carbocycles. The highest BCUT2D eigenvalue weighted by Crippen LogP contribution is 2.60. The maximum Gasteiger partial charge on any atom is 0.416 e. The van der Waals surface area contributed by atoms with Crippen molar-refractivity contribution in [1.82, 2.24) is 15.6 Å². The monoisotopic (exact) mass is 491 g/mol. The number of nitrogens with one attached hydrogen (secondary N) is 2. The highest BCUT2D eigenvalue weighted by Gasteiger charge is 2.69. The Morgan fingerprint density at radius 1 is 1.06 bits per heavy atom. The first-order valence-corrected chi connectivity index (χ1v) is 11.8. The topological polar surface area (TPSA) is 89.5 Å². The van der Waals surface area contributed by atoms with E-state index < -0.39 is 11.7 Å². The summed E-state index contributed by atoms with van der Waals surface area (Å²) < 4.78 is 50.0. The largest absolute Gasteiger partial charge is 0.416 e. The molecule has 0 unspecified atom stereocenters. The van der Waals surface area contributed by atoms with Gasteiger partial charge in [0, 0.05) is 16.5 Å². The molecule has 0 spiro atoms. The average molecular weight is 492 g/mol. The molecule has 4 aliphatic carbocycles. The average Bonchev–Trinajstić information content (AvgIpc) is 2.71. The number of benzene rings is 1. The number of rotatable bonds is 8. The molecule has 4 fully saturated rings. The number of nitrogens with zero attached hydrogens (tertiary/aromatic N) is 1. The van der Waals surface area contributed by atoms with Crippen LogP contribution in [0.2, 0.25) is 0 Å². The number of hydrogen-bond acceptors (Lipinski definition) is 5. The fourth-order valence-corrected chi connectivity index (χ4v) is 5.46. The quantitative estimate of drug-likeness (QED) is 0.587. The van der Waals surface area contributed by atoms with Gasteiger partial charge in [-0.2, -0.15) is 13.2 Å². The zero-order chi connectivity index (χ0) is 25.0. The Labute approximate surface area is 200 Å². The van der Waals surface area contributed by atoms with Crippen molar-refractivity contribution in [2.75, 3.05) is 6.61 Å². The number of pyridine rings is 1. The molecule has 6 rings (SSSR count). The van der Waals surface area contributed by atoms with E-state index in [1.54, 1.807) is 0 Å². The highest BCUT2D eigenvalue weighted by molar-refractivity contribution is 5.96. The van der Waals surface area contributed by atoms with Crippen LogP contribution < -0.4 is 10.6 Å². The fraction of sp³-hybridized carbons (Fsp3) is 0.560. The third-order valence-electron chi connectivity index (χ3n) is 7.03. The predicted octanol–water partition coefficient (Wildman–Crippen LogP) is 3.75. The van der Waals surface area contributed by atoms with Crippen LogP contribution in [-0.2, 0) is 20.4 Å². The Hall–Kier alpha value is -2.72. The molecule has 2 aromatic rings. The second-order valence-corrected chi connectivity index (χ2v) is 10.4. The summed E-state index contributed by atoms with van der Waals surface area (Å²) in [4.78, 5) is 29.2. The fourth-order valence-electron chi connectivity index (χ4n) is 5.46. The molecule has 1 heterocycles. The minimum absolute atomic E-state index is 0.0111. The van der Waals surface area contributed by atoms with E-state index in [2.05, 4.69) is 15.6 Å². The number of halogens is 3. The van der Waals surface area contributed by atoms with Crippen LogP contribution in [0.3, 0.4) is 0 Å². The number of carbonyl (C=O) groups is 2. The molecule has 0 aliphatic heterocycles. The number of ether oxygens (including phenoxy) is 2. The van der Waals surface area contributed by atoms with Gasteiger partial charge in [0.05, 0.1) is 29.4 Å². The van der Waals surface area contributed by atoms with Gasteiger partial charge in [-0.15, -0.1) is 0 Å².